The van der Waals surface area contributed by atoms with E-state index in [-0.39, 0.29) is 23.1 Å². The van der Waals surface area contributed by atoms with Crippen LogP contribution >= 0.6 is 11.3 Å². The van der Waals surface area contributed by atoms with Gasteiger partial charge in [-0.1, -0.05) is 10.4 Å². The van der Waals surface area contributed by atoms with Gasteiger partial charge in [-0.3, -0.25) is 19.6 Å². The maximum atomic E-state index is 13.4. The number of hydrogen-bond acceptors (Lipinski definition) is 12. The third-order valence-corrected chi connectivity index (χ3v) is 5.74. The van der Waals surface area contributed by atoms with Gasteiger partial charge in [0.15, 0.2) is 10.8 Å². The minimum Gasteiger partial charge on any atom is -0.457 e. The van der Waals surface area contributed by atoms with Crippen LogP contribution in [0, 0.1) is 0 Å². The molecule has 1 aliphatic heterocycles. The second-order valence-electron chi connectivity index (χ2n) is 11.4. The van der Waals surface area contributed by atoms with Gasteiger partial charge in [-0.05, 0) is 55.4 Å². The molecule has 1 aliphatic rings. The summed E-state index contributed by atoms with van der Waals surface area (Å²) < 4.78 is 12.1. The van der Waals surface area contributed by atoms with Gasteiger partial charge in [0.05, 0.1) is 18.8 Å². The number of aromatic nitrogens is 4. The number of nitrogens with zero attached hydrogens (tertiary/aromatic N) is 5. The van der Waals surface area contributed by atoms with E-state index in [4.69, 9.17) is 14.3 Å². The molecule has 1 fully saturated rings. The van der Waals surface area contributed by atoms with E-state index in [1.54, 1.807) is 47.7 Å². The van der Waals surface area contributed by atoms with Crippen LogP contribution in [0.15, 0.2) is 22.9 Å². The predicted molar refractivity (Wildman–Crippen MR) is 143 cm³/mol. The van der Waals surface area contributed by atoms with Gasteiger partial charge in [0.25, 0.3) is 5.91 Å². The average molecular weight is 579 g/mol. The molecule has 0 unspecified atom stereocenters. The fourth-order valence-corrected chi connectivity index (χ4v) is 3.82. The zero-order chi connectivity index (χ0) is 29.9. The van der Waals surface area contributed by atoms with Crippen LogP contribution in [0.25, 0.3) is 0 Å². The van der Waals surface area contributed by atoms with E-state index in [0.717, 1.165) is 11.3 Å². The zero-order valence-corrected chi connectivity index (χ0v) is 24.4. The van der Waals surface area contributed by atoms with Crippen molar-refractivity contribution in [3.63, 3.8) is 0 Å². The van der Waals surface area contributed by atoms with Crippen molar-refractivity contribution < 1.29 is 33.5 Å². The van der Waals surface area contributed by atoms with Crippen molar-refractivity contribution in [3.8, 4) is 0 Å². The number of thiazole rings is 1. The van der Waals surface area contributed by atoms with Gasteiger partial charge >= 0.3 is 12.1 Å². The lowest BCUT2D eigenvalue weighted by atomic mass is 9.98. The normalized spacial score (nSPS) is 17.8. The van der Waals surface area contributed by atoms with E-state index < -0.39 is 52.8 Å². The number of ether oxygens (including phenoxy) is 2. The lowest BCUT2D eigenvalue weighted by Crippen LogP contribution is -2.70. The van der Waals surface area contributed by atoms with E-state index in [2.05, 4.69) is 36.4 Å². The summed E-state index contributed by atoms with van der Waals surface area (Å²) >= 11 is 1.01. The molecule has 2 aromatic heterocycles. The fraction of sp³-hybridized carbons (Fsp3) is 0.583. The molecule has 2 atom stereocenters. The summed E-state index contributed by atoms with van der Waals surface area (Å²) in [6.45, 7) is 13.4. The number of oxime groups is 1. The van der Waals surface area contributed by atoms with Gasteiger partial charge in [-0.25, -0.2) is 14.6 Å². The molecule has 0 aliphatic carbocycles. The number of nitrogens with one attached hydrogen (secondary N) is 3. The van der Waals surface area contributed by atoms with Crippen LogP contribution in [0.2, 0.25) is 0 Å². The lowest BCUT2D eigenvalue weighted by molar-refractivity contribution is -0.179. The Bertz CT molecular complexity index is 1270. The second kappa shape index (κ2) is 11.6. The largest absolute Gasteiger partial charge is 0.457 e. The molecule has 0 radical (unpaired) electrons. The third kappa shape index (κ3) is 8.46. The Kier molecular flexibility index (Phi) is 8.81. The summed E-state index contributed by atoms with van der Waals surface area (Å²) in [6, 6.07) is -1.36. The van der Waals surface area contributed by atoms with Gasteiger partial charge in [-0.15, -0.1) is 16.4 Å². The van der Waals surface area contributed by atoms with E-state index >= 15 is 0 Å². The second-order valence-corrected chi connectivity index (χ2v) is 12.3. The van der Waals surface area contributed by atoms with Crippen molar-refractivity contribution in [2.45, 2.75) is 90.8 Å². The Hall–Kier alpha value is -4.08. The van der Waals surface area contributed by atoms with E-state index in [1.807, 2.05) is 0 Å². The van der Waals surface area contributed by atoms with Gasteiger partial charge in [0.2, 0.25) is 11.5 Å². The smallest absolute Gasteiger partial charge is 0.413 e. The van der Waals surface area contributed by atoms with Crippen molar-refractivity contribution >= 4 is 46.1 Å². The topological polar surface area (TPSA) is 188 Å². The minimum atomic E-state index is -1.57. The van der Waals surface area contributed by atoms with Gasteiger partial charge in [0.1, 0.15) is 22.9 Å². The number of esters is 1. The summed E-state index contributed by atoms with van der Waals surface area (Å²) in [5.74, 6) is -1.91. The molecule has 1 saturated heterocycles. The highest BCUT2D eigenvalue weighted by Crippen LogP contribution is 2.21. The number of β-lactam (4-membered cyclic amide) rings is 1. The molecular formula is C24H34N8O7S. The zero-order valence-electron chi connectivity index (χ0n) is 23.6. The molecule has 3 N–H and O–H groups in total. The summed E-state index contributed by atoms with van der Waals surface area (Å²) in [5, 5.41) is 21.0. The molecule has 0 aromatic carbocycles. The van der Waals surface area contributed by atoms with Crippen LogP contribution in [0.5, 0.6) is 0 Å². The van der Waals surface area contributed by atoms with Crippen molar-refractivity contribution in [2.24, 2.45) is 5.16 Å². The van der Waals surface area contributed by atoms with Crippen LogP contribution < -0.4 is 16.0 Å². The molecule has 3 amide bonds. The Morgan fingerprint density at radius 2 is 1.77 bits per heavy atom. The molecule has 3 rings (SSSR count). The Balaban J connectivity index is 1.83. The molecule has 218 valence electrons. The van der Waals surface area contributed by atoms with E-state index in [0.29, 0.717) is 0 Å². The minimum absolute atomic E-state index is 0.0288. The first-order chi connectivity index (χ1) is 18.4. The Morgan fingerprint density at radius 1 is 1.10 bits per heavy atom. The molecule has 0 bridgehead atoms. The lowest BCUT2D eigenvalue weighted by Gasteiger charge is -2.36. The number of rotatable bonds is 9. The molecule has 15 nitrogen and oxygen atoms in total. The molecule has 40 heavy (non-hydrogen) atoms. The Morgan fingerprint density at radius 3 is 2.35 bits per heavy atom. The molecular weight excluding hydrogens is 544 g/mol. The van der Waals surface area contributed by atoms with E-state index in [9.17, 15) is 19.2 Å². The molecule has 2 aromatic rings. The molecule has 3 heterocycles. The summed E-state index contributed by atoms with van der Waals surface area (Å²) in [7, 11) is 0. The average Bonchev–Trinajstić information content (AvgIpc) is 3.47. The SMILES string of the molecule is CC(C)(C)OC(=O)Nc1nc(/C(=N/OC(C)(C)C(=O)OC(C)(C)C)C(=O)N[C@@H]2C(=O)N[C@@H]2Cn2ccnn2)cs1. The fourth-order valence-electron chi connectivity index (χ4n) is 3.13. The maximum absolute atomic E-state index is 13.4. The quantitative estimate of drug-likeness (QED) is 0.171. The van der Waals surface area contributed by atoms with Gasteiger partial charge < -0.3 is 24.9 Å². The van der Waals surface area contributed by atoms with E-state index in [1.165, 1.54) is 30.1 Å². The van der Waals surface area contributed by atoms with Gasteiger partial charge in [-0.2, -0.15) is 0 Å². The van der Waals surface area contributed by atoms with Crippen LogP contribution in [0.1, 0.15) is 61.1 Å². The first-order valence-corrected chi connectivity index (χ1v) is 13.2. The summed E-state index contributed by atoms with van der Waals surface area (Å²) in [4.78, 5) is 60.2. The summed E-state index contributed by atoms with van der Waals surface area (Å²) in [6.07, 6.45) is 2.38. The van der Waals surface area contributed by atoms with Crippen LogP contribution in [-0.2, 0) is 35.2 Å². The molecule has 0 saturated carbocycles. The molecule has 0 spiro atoms. The van der Waals surface area contributed by atoms with Crippen LogP contribution in [0.3, 0.4) is 0 Å². The summed E-state index contributed by atoms with van der Waals surface area (Å²) in [5.41, 5.74) is -3.39. The third-order valence-electron chi connectivity index (χ3n) is 4.98. The predicted octanol–water partition coefficient (Wildman–Crippen LogP) is 1.61. The number of carbonyl (C=O) groups is 4. The standard InChI is InChI=1S/C24H34N8O7S/c1-22(2,3)37-19(35)24(7,8)39-30-16(14-12-40-20(27-14)29-21(36)38-23(4,5)6)18(34)28-15-13(26-17(15)33)11-32-10-9-25-31-32/h9-10,12-13,15H,11H2,1-8H3,(H,26,33)(H,28,34)(H,27,29,36)/b30-16-/t13-,15+/m1/s1. The number of anilines is 1. The van der Waals surface area contributed by atoms with Crippen LogP contribution in [0.4, 0.5) is 9.93 Å². The monoisotopic (exact) mass is 578 g/mol. The Labute approximate surface area is 235 Å². The number of hydrogen-bond donors (Lipinski definition) is 3. The highest BCUT2D eigenvalue weighted by molar-refractivity contribution is 7.14. The first kappa shape index (κ1) is 30.5. The highest BCUT2D eigenvalue weighted by atomic mass is 32.1. The highest BCUT2D eigenvalue weighted by Gasteiger charge is 2.42. The maximum Gasteiger partial charge on any atom is 0.413 e. The van der Waals surface area contributed by atoms with Crippen molar-refractivity contribution in [1.29, 1.82) is 0 Å². The van der Waals surface area contributed by atoms with Crippen LogP contribution in [-0.4, -0.2) is 78.5 Å². The van der Waals surface area contributed by atoms with Gasteiger partial charge in [0, 0.05) is 11.6 Å². The van der Waals surface area contributed by atoms with Crippen molar-refractivity contribution in [3.05, 3.63) is 23.5 Å². The van der Waals surface area contributed by atoms with Crippen molar-refractivity contribution in [2.75, 3.05) is 5.32 Å². The first-order valence-electron chi connectivity index (χ1n) is 12.3. The number of amides is 3. The number of carbonyl (C=O) groups excluding carboxylic acids is 4. The molecule has 16 heteroatoms. The van der Waals surface area contributed by atoms with Crippen molar-refractivity contribution in [1.82, 2.24) is 30.6 Å².